The van der Waals surface area contributed by atoms with Crippen LogP contribution in [0.2, 0.25) is 0 Å². The molecule has 3 aromatic rings. The van der Waals surface area contributed by atoms with Crippen molar-refractivity contribution in [2.75, 3.05) is 56.6 Å². The van der Waals surface area contributed by atoms with Crippen LogP contribution in [0.1, 0.15) is 22.0 Å². The Balaban J connectivity index is 1.48. The van der Waals surface area contributed by atoms with Gasteiger partial charge >= 0.3 is 0 Å². The van der Waals surface area contributed by atoms with Crippen molar-refractivity contribution in [1.82, 2.24) is 10.2 Å². The van der Waals surface area contributed by atoms with E-state index in [2.05, 4.69) is 68.5 Å². The molecule has 1 heterocycles. The van der Waals surface area contributed by atoms with E-state index in [1.165, 1.54) is 17.8 Å². The summed E-state index contributed by atoms with van der Waals surface area (Å²) >= 11 is 0. The normalized spacial score (nSPS) is 15.2. The summed E-state index contributed by atoms with van der Waals surface area (Å²) in [5, 5.41) is 3.03. The number of nitrogens with one attached hydrogen (secondary N) is 1. The third-order valence-corrected chi connectivity index (χ3v) is 6.21. The molecular weight excluding hydrogens is 415 g/mol. The van der Waals surface area contributed by atoms with Gasteiger partial charge in [0.1, 0.15) is 5.82 Å². The van der Waals surface area contributed by atoms with Gasteiger partial charge in [-0.05, 0) is 48.0 Å². The first-order valence-corrected chi connectivity index (χ1v) is 11.4. The zero-order valence-corrected chi connectivity index (χ0v) is 19.2. The maximum absolute atomic E-state index is 13.6. The topological polar surface area (TPSA) is 38.8 Å². The van der Waals surface area contributed by atoms with Crippen LogP contribution in [0.15, 0.2) is 78.9 Å². The van der Waals surface area contributed by atoms with Gasteiger partial charge < -0.3 is 15.1 Å². The van der Waals surface area contributed by atoms with Crippen LogP contribution in [-0.4, -0.2) is 57.6 Å². The highest BCUT2D eigenvalue weighted by molar-refractivity contribution is 5.94. The molecule has 6 heteroatoms. The summed E-state index contributed by atoms with van der Waals surface area (Å²) < 4.78 is 13.6. The van der Waals surface area contributed by atoms with E-state index >= 15 is 0 Å². The Labute approximate surface area is 195 Å². The van der Waals surface area contributed by atoms with Crippen LogP contribution in [0.4, 0.5) is 15.8 Å². The molecule has 1 aliphatic rings. The van der Waals surface area contributed by atoms with E-state index in [-0.39, 0.29) is 11.9 Å². The second-order valence-electron chi connectivity index (χ2n) is 8.58. The monoisotopic (exact) mass is 446 g/mol. The van der Waals surface area contributed by atoms with Gasteiger partial charge in [-0.1, -0.05) is 36.4 Å². The van der Waals surface area contributed by atoms with E-state index in [1.54, 1.807) is 12.1 Å². The third-order valence-electron chi connectivity index (χ3n) is 6.21. The first kappa shape index (κ1) is 22.8. The minimum Gasteiger partial charge on any atom is -0.378 e. The van der Waals surface area contributed by atoms with Crippen molar-refractivity contribution in [2.45, 2.75) is 6.04 Å². The van der Waals surface area contributed by atoms with E-state index in [1.807, 2.05) is 20.2 Å². The fraction of sp³-hybridized carbons (Fsp3) is 0.296. The summed E-state index contributed by atoms with van der Waals surface area (Å²) in [5.74, 6) is -0.664. The van der Waals surface area contributed by atoms with E-state index in [0.717, 1.165) is 37.4 Å². The van der Waals surface area contributed by atoms with E-state index in [0.29, 0.717) is 12.1 Å². The number of hydrogen-bond donors (Lipinski definition) is 1. The van der Waals surface area contributed by atoms with Crippen LogP contribution in [0.25, 0.3) is 0 Å². The molecule has 0 spiro atoms. The molecule has 172 valence electrons. The predicted octanol–water partition coefficient (Wildman–Crippen LogP) is 4.19. The fourth-order valence-electron chi connectivity index (χ4n) is 4.30. The zero-order valence-electron chi connectivity index (χ0n) is 19.2. The molecule has 1 fully saturated rings. The average molecular weight is 447 g/mol. The number of benzene rings is 3. The van der Waals surface area contributed by atoms with Crippen molar-refractivity contribution in [3.63, 3.8) is 0 Å². The van der Waals surface area contributed by atoms with Gasteiger partial charge in [0.05, 0.1) is 6.04 Å². The third kappa shape index (κ3) is 5.71. The van der Waals surface area contributed by atoms with Gasteiger partial charge in [0.15, 0.2) is 0 Å². The van der Waals surface area contributed by atoms with E-state index in [4.69, 9.17) is 0 Å². The molecule has 0 aromatic heterocycles. The number of amides is 1. The van der Waals surface area contributed by atoms with Gasteiger partial charge in [-0.25, -0.2) is 4.39 Å². The largest absolute Gasteiger partial charge is 0.378 e. The molecule has 0 saturated carbocycles. The number of para-hydroxylation sites is 1. The highest BCUT2D eigenvalue weighted by Gasteiger charge is 2.26. The number of piperazine rings is 1. The lowest BCUT2D eigenvalue weighted by atomic mass is 10.0. The molecule has 3 aromatic carbocycles. The molecule has 1 unspecified atom stereocenters. The molecule has 1 saturated heterocycles. The maximum Gasteiger partial charge on any atom is 0.251 e. The van der Waals surface area contributed by atoms with Crippen molar-refractivity contribution >= 4 is 17.3 Å². The maximum atomic E-state index is 13.6. The quantitative estimate of drug-likeness (QED) is 0.591. The molecular formula is C27H31FN4O. The van der Waals surface area contributed by atoms with Crippen LogP contribution < -0.4 is 15.1 Å². The molecule has 0 bridgehead atoms. The minimum absolute atomic E-state index is 0.0386. The van der Waals surface area contributed by atoms with Gasteiger partial charge in [0.2, 0.25) is 0 Å². The lowest BCUT2D eigenvalue weighted by Gasteiger charge is -2.40. The van der Waals surface area contributed by atoms with Gasteiger partial charge in [-0.2, -0.15) is 0 Å². The number of carbonyl (C=O) groups is 1. The number of anilines is 2. The molecule has 1 amide bonds. The molecule has 4 rings (SSSR count). The lowest BCUT2D eigenvalue weighted by Crippen LogP contribution is -2.50. The zero-order chi connectivity index (χ0) is 23.2. The van der Waals surface area contributed by atoms with E-state index in [9.17, 15) is 9.18 Å². The first-order valence-electron chi connectivity index (χ1n) is 11.4. The van der Waals surface area contributed by atoms with Gasteiger partial charge in [-0.3, -0.25) is 9.69 Å². The number of rotatable bonds is 7. The van der Waals surface area contributed by atoms with Gasteiger partial charge in [0, 0.05) is 63.8 Å². The van der Waals surface area contributed by atoms with Crippen molar-refractivity contribution in [3.8, 4) is 0 Å². The second kappa shape index (κ2) is 10.5. The number of nitrogens with zero attached hydrogens (tertiary/aromatic N) is 3. The summed E-state index contributed by atoms with van der Waals surface area (Å²) in [5.41, 5.74) is 3.87. The predicted molar refractivity (Wildman–Crippen MR) is 132 cm³/mol. The van der Waals surface area contributed by atoms with Crippen molar-refractivity contribution in [2.24, 2.45) is 0 Å². The van der Waals surface area contributed by atoms with Crippen molar-refractivity contribution in [1.29, 1.82) is 0 Å². The second-order valence-corrected chi connectivity index (χ2v) is 8.58. The molecule has 0 aliphatic carbocycles. The van der Waals surface area contributed by atoms with Crippen LogP contribution >= 0.6 is 0 Å². The smallest absolute Gasteiger partial charge is 0.251 e. The number of halogens is 1. The highest BCUT2D eigenvalue weighted by atomic mass is 19.1. The van der Waals surface area contributed by atoms with Crippen molar-refractivity contribution in [3.05, 3.63) is 95.8 Å². The average Bonchev–Trinajstić information content (AvgIpc) is 2.85. The van der Waals surface area contributed by atoms with Crippen LogP contribution in [0, 0.1) is 5.82 Å². The molecule has 1 aliphatic heterocycles. The fourth-order valence-corrected chi connectivity index (χ4v) is 4.30. The Hall–Kier alpha value is -3.38. The Bertz CT molecular complexity index is 1050. The van der Waals surface area contributed by atoms with Crippen molar-refractivity contribution < 1.29 is 9.18 Å². The van der Waals surface area contributed by atoms with Gasteiger partial charge in [-0.15, -0.1) is 0 Å². The molecule has 5 nitrogen and oxygen atoms in total. The Kier molecular flexibility index (Phi) is 7.25. The molecule has 1 N–H and O–H groups in total. The Morgan fingerprint density at radius 3 is 2.27 bits per heavy atom. The van der Waals surface area contributed by atoms with Crippen LogP contribution in [-0.2, 0) is 0 Å². The number of carbonyl (C=O) groups excluding carboxylic acids is 1. The van der Waals surface area contributed by atoms with Gasteiger partial charge in [0.25, 0.3) is 5.91 Å². The summed E-state index contributed by atoms with van der Waals surface area (Å²) in [7, 11) is 4.04. The Morgan fingerprint density at radius 1 is 0.939 bits per heavy atom. The van der Waals surface area contributed by atoms with Crippen LogP contribution in [0.3, 0.4) is 0 Å². The number of hydrogen-bond acceptors (Lipinski definition) is 4. The highest BCUT2D eigenvalue weighted by Crippen LogP contribution is 2.26. The lowest BCUT2D eigenvalue weighted by molar-refractivity contribution is 0.0929. The summed E-state index contributed by atoms with van der Waals surface area (Å²) in [4.78, 5) is 19.6. The molecule has 0 radical (unpaired) electrons. The molecule has 1 atom stereocenters. The van der Waals surface area contributed by atoms with E-state index < -0.39 is 5.82 Å². The molecule has 33 heavy (non-hydrogen) atoms. The first-order chi connectivity index (χ1) is 16.0. The minimum atomic E-state index is -0.407. The SMILES string of the molecule is CN(C)c1ccc(C(CNC(=O)c2cccc(F)c2)N2CCN(c3ccccc3)CC2)cc1. The standard InChI is InChI=1S/C27H31FN4O/c1-30(2)24-13-11-21(12-14-24)26(20-29-27(33)22-7-6-8-23(28)19-22)32-17-15-31(16-18-32)25-9-4-3-5-10-25/h3-14,19,26H,15-18,20H2,1-2H3,(H,29,33). The van der Waals surface area contributed by atoms with Crippen LogP contribution in [0.5, 0.6) is 0 Å². The summed E-state index contributed by atoms with van der Waals surface area (Å²) in [6.07, 6.45) is 0. The summed E-state index contributed by atoms with van der Waals surface area (Å²) in [6, 6.07) is 24.8. The Morgan fingerprint density at radius 2 is 1.64 bits per heavy atom. The summed E-state index contributed by atoms with van der Waals surface area (Å²) in [6.45, 7) is 4.10.